The average molecular weight is 393 g/mol. The fourth-order valence-corrected chi connectivity index (χ4v) is 2.07. The maximum absolute atomic E-state index is 11.7. The highest BCUT2D eigenvalue weighted by Crippen LogP contribution is 2.29. The number of hydrogen-bond acceptors (Lipinski definition) is 4. The highest BCUT2D eigenvalue weighted by Gasteiger charge is 2.15. The zero-order valence-corrected chi connectivity index (χ0v) is 13.5. The maximum atomic E-state index is 11.7. The zero-order chi connectivity index (χ0) is 15.4. The SMILES string of the molecule is O=C(COC(=O)c1ccc(Br)o1)Nc1cccc(Cl)c1Cl. The van der Waals surface area contributed by atoms with E-state index in [1.54, 1.807) is 24.3 Å². The Bertz CT molecular complexity index is 687. The Hall–Kier alpha value is -1.50. The van der Waals surface area contributed by atoms with Gasteiger partial charge in [-0.1, -0.05) is 29.3 Å². The van der Waals surface area contributed by atoms with E-state index in [2.05, 4.69) is 21.2 Å². The summed E-state index contributed by atoms with van der Waals surface area (Å²) < 4.78 is 10.2. The van der Waals surface area contributed by atoms with E-state index in [1.807, 2.05) is 0 Å². The van der Waals surface area contributed by atoms with E-state index in [9.17, 15) is 9.59 Å². The number of benzene rings is 1. The minimum atomic E-state index is -0.743. The van der Waals surface area contributed by atoms with Crippen LogP contribution in [0.25, 0.3) is 0 Å². The van der Waals surface area contributed by atoms with Gasteiger partial charge in [0.15, 0.2) is 11.3 Å². The lowest BCUT2D eigenvalue weighted by Gasteiger charge is -2.08. The minimum Gasteiger partial charge on any atom is -0.450 e. The molecule has 2 aromatic rings. The lowest BCUT2D eigenvalue weighted by atomic mass is 10.3. The summed E-state index contributed by atoms with van der Waals surface area (Å²) >= 11 is 14.8. The molecular weight excluding hydrogens is 385 g/mol. The number of nitrogens with one attached hydrogen (secondary N) is 1. The number of carbonyl (C=O) groups is 2. The summed E-state index contributed by atoms with van der Waals surface area (Å²) in [6.07, 6.45) is 0. The van der Waals surface area contributed by atoms with Crippen molar-refractivity contribution < 1.29 is 18.7 Å². The fraction of sp³-hybridized carbons (Fsp3) is 0.0769. The normalized spacial score (nSPS) is 10.2. The number of halogens is 3. The standard InChI is InChI=1S/C13H8BrCl2NO4/c14-10-5-4-9(21-10)13(19)20-6-11(18)17-8-3-1-2-7(15)12(8)16/h1-5H,6H2,(H,17,18). The van der Waals surface area contributed by atoms with Crippen molar-refractivity contribution in [3.05, 3.63) is 50.8 Å². The van der Waals surface area contributed by atoms with Crippen molar-refractivity contribution in [3.63, 3.8) is 0 Å². The first-order valence-electron chi connectivity index (χ1n) is 5.63. The van der Waals surface area contributed by atoms with Gasteiger partial charge in [0.05, 0.1) is 15.7 Å². The second kappa shape index (κ2) is 6.98. The van der Waals surface area contributed by atoms with E-state index < -0.39 is 18.5 Å². The van der Waals surface area contributed by atoms with Gasteiger partial charge >= 0.3 is 5.97 Å². The Morgan fingerprint density at radius 3 is 2.67 bits per heavy atom. The first-order chi connectivity index (χ1) is 9.97. The summed E-state index contributed by atoms with van der Waals surface area (Å²) in [6.45, 7) is -0.472. The number of amides is 1. The molecule has 8 heteroatoms. The molecule has 1 aromatic heterocycles. The van der Waals surface area contributed by atoms with Crippen molar-refractivity contribution in [2.45, 2.75) is 0 Å². The summed E-state index contributed by atoms with van der Waals surface area (Å²) in [5.41, 5.74) is 0.339. The van der Waals surface area contributed by atoms with E-state index in [1.165, 1.54) is 6.07 Å². The van der Waals surface area contributed by atoms with Gasteiger partial charge in [-0.05, 0) is 40.2 Å². The molecule has 0 radical (unpaired) electrons. The van der Waals surface area contributed by atoms with Crippen LogP contribution in [0.2, 0.25) is 10.0 Å². The van der Waals surface area contributed by atoms with Crippen LogP contribution in [0.4, 0.5) is 5.69 Å². The molecule has 21 heavy (non-hydrogen) atoms. The molecule has 0 unspecified atom stereocenters. The van der Waals surface area contributed by atoms with Gasteiger partial charge in [0, 0.05) is 0 Å². The van der Waals surface area contributed by atoms with E-state index in [-0.39, 0.29) is 10.8 Å². The first-order valence-corrected chi connectivity index (χ1v) is 7.18. The molecule has 0 aliphatic carbocycles. The average Bonchev–Trinajstić information content (AvgIpc) is 2.88. The number of hydrogen-bond donors (Lipinski definition) is 1. The number of esters is 1. The van der Waals surface area contributed by atoms with Crippen molar-refractivity contribution in [2.24, 2.45) is 0 Å². The van der Waals surface area contributed by atoms with Crippen LogP contribution in [0, 0.1) is 0 Å². The molecule has 1 aromatic carbocycles. The molecule has 0 fully saturated rings. The second-order valence-corrected chi connectivity index (χ2v) is 5.40. The number of rotatable bonds is 4. The summed E-state index contributed by atoms with van der Waals surface area (Å²) in [5, 5.41) is 3.02. The second-order valence-electron chi connectivity index (χ2n) is 3.83. The molecule has 5 nitrogen and oxygen atoms in total. The van der Waals surface area contributed by atoms with E-state index in [4.69, 9.17) is 32.4 Å². The van der Waals surface area contributed by atoms with E-state index >= 15 is 0 Å². The number of ether oxygens (including phenoxy) is 1. The van der Waals surface area contributed by atoms with Crippen LogP contribution in [0.1, 0.15) is 10.6 Å². The Morgan fingerprint density at radius 2 is 2.00 bits per heavy atom. The molecule has 110 valence electrons. The van der Waals surface area contributed by atoms with Crippen LogP contribution in [0.3, 0.4) is 0 Å². The molecule has 0 saturated carbocycles. The van der Waals surface area contributed by atoms with Crippen LogP contribution >= 0.6 is 39.1 Å². The highest BCUT2D eigenvalue weighted by molar-refractivity contribution is 9.10. The Labute approximate surface area is 138 Å². The molecule has 1 amide bonds. The molecule has 1 N–H and O–H groups in total. The smallest absolute Gasteiger partial charge is 0.374 e. The number of furan rings is 1. The van der Waals surface area contributed by atoms with E-state index in [0.717, 1.165) is 0 Å². The van der Waals surface area contributed by atoms with Crippen LogP contribution in [-0.2, 0) is 9.53 Å². The van der Waals surface area contributed by atoms with Gasteiger partial charge in [-0.2, -0.15) is 0 Å². The van der Waals surface area contributed by atoms with Gasteiger partial charge in [0.1, 0.15) is 0 Å². The molecule has 0 bridgehead atoms. The van der Waals surface area contributed by atoms with Crippen LogP contribution in [-0.4, -0.2) is 18.5 Å². The first kappa shape index (κ1) is 15.9. The third-order valence-corrected chi connectivity index (χ3v) is 3.58. The number of carbonyl (C=O) groups excluding carboxylic acids is 2. The van der Waals surface area contributed by atoms with Gasteiger partial charge < -0.3 is 14.5 Å². The third-order valence-electron chi connectivity index (χ3n) is 2.33. The predicted molar refractivity (Wildman–Crippen MR) is 81.8 cm³/mol. The van der Waals surface area contributed by atoms with Crippen molar-refractivity contribution in [2.75, 3.05) is 11.9 Å². The minimum absolute atomic E-state index is 0.00420. The fourth-order valence-electron chi connectivity index (χ4n) is 1.41. The zero-order valence-electron chi connectivity index (χ0n) is 10.4. The summed E-state index contributed by atoms with van der Waals surface area (Å²) in [4.78, 5) is 23.3. The summed E-state index contributed by atoms with van der Waals surface area (Å²) in [6, 6.07) is 7.78. The molecule has 0 saturated heterocycles. The van der Waals surface area contributed by atoms with Gasteiger partial charge in [-0.25, -0.2) is 4.79 Å². The lowest BCUT2D eigenvalue weighted by molar-refractivity contribution is -0.119. The number of anilines is 1. The maximum Gasteiger partial charge on any atom is 0.374 e. The van der Waals surface area contributed by atoms with Gasteiger partial charge in [0.2, 0.25) is 5.76 Å². The van der Waals surface area contributed by atoms with Crippen LogP contribution in [0.5, 0.6) is 0 Å². The summed E-state index contributed by atoms with van der Waals surface area (Å²) in [7, 11) is 0. The molecule has 2 rings (SSSR count). The van der Waals surface area contributed by atoms with Crippen LogP contribution in [0.15, 0.2) is 39.4 Å². The molecule has 0 aliphatic heterocycles. The molecular formula is C13H8BrCl2NO4. The Morgan fingerprint density at radius 1 is 1.24 bits per heavy atom. The van der Waals surface area contributed by atoms with Crippen molar-refractivity contribution in [1.82, 2.24) is 0 Å². The molecule has 0 spiro atoms. The van der Waals surface area contributed by atoms with Gasteiger partial charge in [-0.15, -0.1) is 0 Å². The van der Waals surface area contributed by atoms with Gasteiger partial charge in [0.25, 0.3) is 5.91 Å². The van der Waals surface area contributed by atoms with Crippen molar-refractivity contribution >= 4 is 56.7 Å². The summed E-state index contributed by atoms with van der Waals surface area (Å²) in [5.74, 6) is -1.29. The van der Waals surface area contributed by atoms with Crippen molar-refractivity contribution in [3.8, 4) is 0 Å². The van der Waals surface area contributed by atoms with Crippen molar-refractivity contribution in [1.29, 1.82) is 0 Å². The van der Waals surface area contributed by atoms with Gasteiger partial charge in [-0.3, -0.25) is 4.79 Å². The third kappa shape index (κ3) is 4.23. The van der Waals surface area contributed by atoms with Crippen LogP contribution < -0.4 is 5.32 Å². The highest BCUT2D eigenvalue weighted by atomic mass is 79.9. The van der Waals surface area contributed by atoms with E-state index in [0.29, 0.717) is 15.4 Å². The molecule has 0 atom stereocenters. The largest absolute Gasteiger partial charge is 0.450 e. The lowest BCUT2D eigenvalue weighted by Crippen LogP contribution is -2.20. The predicted octanol–water partition coefficient (Wildman–Crippen LogP) is 4.14. The topological polar surface area (TPSA) is 68.5 Å². The molecule has 1 heterocycles. The Balaban J connectivity index is 1.90. The Kier molecular flexibility index (Phi) is 5.27. The molecule has 0 aliphatic rings. The monoisotopic (exact) mass is 391 g/mol. The quantitative estimate of drug-likeness (QED) is 0.793.